The smallest absolute Gasteiger partial charge is 0.303 e. The number of carboxylic acids is 1. The fourth-order valence-corrected chi connectivity index (χ4v) is 1.14. The van der Waals surface area contributed by atoms with Gasteiger partial charge in [0, 0.05) is 17.8 Å². The summed E-state index contributed by atoms with van der Waals surface area (Å²) < 4.78 is 0. The molecule has 0 heterocycles. The van der Waals surface area contributed by atoms with Gasteiger partial charge in [-0.2, -0.15) is 0 Å². The van der Waals surface area contributed by atoms with Crippen molar-refractivity contribution in [2.75, 3.05) is 11.5 Å². The minimum atomic E-state index is -0.819. The van der Waals surface area contributed by atoms with Crippen LogP contribution in [0.15, 0.2) is 18.2 Å². The van der Waals surface area contributed by atoms with Gasteiger partial charge < -0.3 is 16.6 Å². The molecule has 0 fully saturated rings. The number of hydrogen-bond donors (Lipinski definition) is 3. The van der Waals surface area contributed by atoms with E-state index >= 15 is 0 Å². The van der Waals surface area contributed by atoms with E-state index in [9.17, 15) is 4.79 Å². The molecule has 13 heavy (non-hydrogen) atoms. The van der Waals surface area contributed by atoms with Crippen molar-refractivity contribution in [3.8, 4) is 0 Å². The minimum absolute atomic E-state index is 0.100. The second-order valence-corrected chi connectivity index (χ2v) is 2.90. The van der Waals surface area contributed by atoms with Crippen LogP contribution in [0.5, 0.6) is 0 Å². The Bertz CT molecular complexity index is 303. The Labute approximate surface area is 76.2 Å². The van der Waals surface area contributed by atoms with Crippen molar-refractivity contribution >= 4 is 17.3 Å². The van der Waals surface area contributed by atoms with Crippen molar-refractivity contribution in [3.63, 3.8) is 0 Å². The molecule has 0 aliphatic carbocycles. The molecule has 0 saturated heterocycles. The number of carboxylic acid groups (broad SMARTS) is 1. The van der Waals surface area contributed by atoms with E-state index in [1.54, 1.807) is 18.2 Å². The first-order chi connectivity index (χ1) is 6.08. The van der Waals surface area contributed by atoms with Gasteiger partial charge in [-0.05, 0) is 30.2 Å². The summed E-state index contributed by atoms with van der Waals surface area (Å²) >= 11 is 0. The van der Waals surface area contributed by atoms with E-state index in [0.717, 1.165) is 5.56 Å². The van der Waals surface area contributed by atoms with Crippen LogP contribution in [0.3, 0.4) is 0 Å². The molecule has 0 atom stereocenters. The van der Waals surface area contributed by atoms with Crippen LogP contribution in [-0.2, 0) is 11.2 Å². The van der Waals surface area contributed by atoms with Crippen LogP contribution in [0.4, 0.5) is 11.4 Å². The predicted octanol–water partition coefficient (Wildman–Crippen LogP) is 0.868. The highest BCUT2D eigenvalue weighted by Gasteiger charge is 2.00. The minimum Gasteiger partial charge on any atom is -0.481 e. The van der Waals surface area contributed by atoms with E-state index in [1.807, 2.05) is 0 Å². The molecule has 0 aromatic heterocycles. The van der Waals surface area contributed by atoms with Gasteiger partial charge in [-0.3, -0.25) is 4.79 Å². The number of aryl methyl sites for hydroxylation is 1. The Kier molecular flexibility index (Phi) is 2.74. The Morgan fingerprint density at radius 1 is 1.23 bits per heavy atom. The molecule has 0 radical (unpaired) electrons. The molecule has 0 bridgehead atoms. The zero-order valence-corrected chi connectivity index (χ0v) is 7.16. The number of benzene rings is 1. The first-order valence-corrected chi connectivity index (χ1v) is 3.94. The lowest BCUT2D eigenvalue weighted by molar-refractivity contribution is -0.136. The average molecular weight is 180 g/mol. The van der Waals surface area contributed by atoms with Crippen LogP contribution in [-0.4, -0.2) is 11.1 Å². The number of aliphatic carboxylic acids is 1. The van der Waals surface area contributed by atoms with Crippen molar-refractivity contribution < 1.29 is 9.90 Å². The first-order valence-electron chi connectivity index (χ1n) is 3.94. The molecular formula is C9H12N2O2. The largest absolute Gasteiger partial charge is 0.481 e. The summed E-state index contributed by atoms with van der Waals surface area (Å²) in [6.45, 7) is 0. The van der Waals surface area contributed by atoms with Gasteiger partial charge in [0.05, 0.1) is 0 Å². The van der Waals surface area contributed by atoms with Gasteiger partial charge in [-0.1, -0.05) is 0 Å². The maximum Gasteiger partial charge on any atom is 0.303 e. The van der Waals surface area contributed by atoms with Crippen LogP contribution >= 0.6 is 0 Å². The summed E-state index contributed by atoms with van der Waals surface area (Å²) in [5, 5.41) is 8.45. The van der Waals surface area contributed by atoms with E-state index in [4.69, 9.17) is 16.6 Å². The Morgan fingerprint density at radius 2 is 1.77 bits per heavy atom. The molecule has 0 spiro atoms. The number of rotatable bonds is 3. The highest BCUT2D eigenvalue weighted by Crippen LogP contribution is 2.14. The van der Waals surface area contributed by atoms with E-state index < -0.39 is 5.97 Å². The van der Waals surface area contributed by atoms with Gasteiger partial charge in [0.15, 0.2) is 0 Å². The lowest BCUT2D eigenvalue weighted by Gasteiger charge is -2.02. The highest BCUT2D eigenvalue weighted by molar-refractivity contribution is 5.67. The van der Waals surface area contributed by atoms with E-state index in [0.29, 0.717) is 17.8 Å². The summed E-state index contributed by atoms with van der Waals surface area (Å²) in [6.07, 6.45) is 0.563. The van der Waals surface area contributed by atoms with Crippen molar-refractivity contribution in [1.29, 1.82) is 0 Å². The Morgan fingerprint density at radius 3 is 2.23 bits per heavy atom. The molecule has 70 valence electrons. The van der Waals surface area contributed by atoms with Gasteiger partial charge in [-0.15, -0.1) is 0 Å². The van der Waals surface area contributed by atoms with E-state index in [-0.39, 0.29) is 6.42 Å². The van der Waals surface area contributed by atoms with Crippen LogP contribution < -0.4 is 11.5 Å². The first kappa shape index (κ1) is 9.38. The molecular weight excluding hydrogens is 168 g/mol. The van der Waals surface area contributed by atoms with Crippen molar-refractivity contribution in [2.45, 2.75) is 12.8 Å². The lowest BCUT2D eigenvalue weighted by atomic mass is 10.1. The van der Waals surface area contributed by atoms with Gasteiger partial charge in [0.1, 0.15) is 0 Å². The highest BCUT2D eigenvalue weighted by atomic mass is 16.4. The molecule has 4 heteroatoms. The summed E-state index contributed by atoms with van der Waals surface area (Å²) in [5.74, 6) is -0.819. The molecule has 1 aromatic rings. The standard InChI is InChI=1S/C9H12N2O2/c10-7-3-6(1-2-9(12)13)4-8(11)5-7/h3-5H,1-2,10-11H2,(H,12,13). The Balaban J connectivity index is 2.71. The normalized spacial score (nSPS) is 9.85. The summed E-state index contributed by atoms with van der Waals surface area (Å²) in [4.78, 5) is 10.3. The van der Waals surface area contributed by atoms with Gasteiger partial charge in [0.25, 0.3) is 0 Å². The third-order valence-corrected chi connectivity index (χ3v) is 1.66. The fourth-order valence-electron chi connectivity index (χ4n) is 1.14. The van der Waals surface area contributed by atoms with E-state index in [2.05, 4.69) is 0 Å². The quantitative estimate of drug-likeness (QED) is 0.602. The third-order valence-electron chi connectivity index (χ3n) is 1.66. The van der Waals surface area contributed by atoms with Crippen LogP contribution in [0.2, 0.25) is 0 Å². The maximum atomic E-state index is 10.3. The molecule has 5 N–H and O–H groups in total. The zero-order valence-electron chi connectivity index (χ0n) is 7.16. The van der Waals surface area contributed by atoms with Gasteiger partial charge >= 0.3 is 5.97 Å². The average Bonchev–Trinajstić information content (AvgIpc) is 1.99. The zero-order chi connectivity index (χ0) is 9.84. The molecule has 0 aliphatic heterocycles. The number of nitrogen functional groups attached to an aromatic ring is 2. The summed E-state index contributed by atoms with van der Waals surface area (Å²) in [7, 11) is 0. The number of hydrogen-bond acceptors (Lipinski definition) is 3. The van der Waals surface area contributed by atoms with Crippen LogP contribution in [0.1, 0.15) is 12.0 Å². The molecule has 0 amide bonds. The monoisotopic (exact) mass is 180 g/mol. The molecule has 4 nitrogen and oxygen atoms in total. The Hall–Kier alpha value is -1.71. The summed E-state index contributed by atoms with van der Waals surface area (Å²) in [6, 6.07) is 5.11. The molecule has 1 rings (SSSR count). The van der Waals surface area contributed by atoms with Crippen molar-refractivity contribution in [1.82, 2.24) is 0 Å². The number of anilines is 2. The lowest BCUT2D eigenvalue weighted by Crippen LogP contribution is -1.99. The van der Waals surface area contributed by atoms with Gasteiger partial charge in [-0.25, -0.2) is 0 Å². The molecule has 1 aromatic carbocycles. The number of carbonyl (C=O) groups is 1. The second-order valence-electron chi connectivity index (χ2n) is 2.90. The maximum absolute atomic E-state index is 10.3. The molecule has 0 unspecified atom stereocenters. The third kappa shape index (κ3) is 3.02. The van der Waals surface area contributed by atoms with Crippen LogP contribution in [0.25, 0.3) is 0 Å². The summed E-state index contributed by atoms with van der Waals surface area (Å²) in [5.41, 5.74) is 13.1. The van der Waals surface area contributed by atoms with E-state index in [1.165, 1.54) is 0 Å². The van der Waals surface area contributed by atoms with Crippen molar-refractivity contribution in [3.05, 3.63) is 23.8 Å². The SMILES string of the molecule is Nc1cc(N)cc(CCC(=O)O)c1. The topological polar surface area (TPSA) is 89.3 Å². The second kappa shape index (κ2) is 3.80. The molecule has 0 aliphatic rings. The fraction of sp³-hybridized carbons (Fsp3) is 0.222. The molecule has 0 saturated carbocycles. The van der Waals surface area contributed by atoms with Gasteiger partial charge in [0.2, 0.25) is 0 Å². The van der Waals surface area contributed by atoms with Crippen LogP contribution in [0, 0.1) is 0 Å². The predicted molar refractivity (Wildman–Crippen MR) is 51.2 cm³/mol. The number of nitrogens with two attached hydrogens (primary N) is 2. The van der Waals surface area contributed by atoms with Crippen molar-refractivity contribution in [2.24, 2.45) is 0 Å².